The molecule has 5 heteroatoms. The highest BCUT2D eigenvalue weighted by molar-refractivity contribution is 5.45. The van der Waals surface area contributed by atoms with Crippen LogP contribution in [-0.2, 0) is 0 Å². The molecule has 1 saturated heterocycles. The van der Waals surface area contributed by atoms with Crippen LogP contribution in [0.25, 0.3) is 0 Å². The van der Waals surface area contributed by atoms with Crippen LogP contribution < -0.4 is 10.6 Å². The van der Waals surface area contributed by atoms with Gasteiger partial charge in [-0.15, -0.1) is 0 Å². The predicted octanol–water partition coefficient (Wildman–Crippen LogP) is 0.462. The van der Waals surface area contributed by atoms with E-state index in [0.717, 1.165) is 0 Å². The smallest absolute Gasteiger partial charge is 0.186 e. The fraction of sp³-hybridized carbons (Fsp3) is 0.556. The molecule has 2 heterocycles. The highest BCUT2D eigenvalue weighted by Gasteiger charge is 2.37. The maximum atomic E-state index is 13.5. The van der Waals surface area contributed by atoms with E-state index in [2.05, 4.69) is 9.97 Å². The minimum atomic E-state index is -0.344. The van der Waals surface area contributed by atoms with Gasteiger partial charge >= 0.3 is 0 Å². The van der Waals surface area contributed by atoms with Gasteiger partial charge in [0.1, 0.15) is 6.33 Å². The second-order valence-electron chi connectivity index (χ2n) is 4.11. The second-order valence-corrected chi connectivity index (χ2v) is 4.11. The van der Waals surface area contributed by atoms with Crippen molar-refractivity contribution in [3.63, 3.8) is 0 Å². The molecule has 0 amide bonds. The van der Waals surface area contributed by atoms with Crippen LogP contribution in [0.2, 0.25) is 0 Å². The summed E-state index contributed by atoms with van der Waals surface area (Å²) < 4.78 is 13.5. The van der Waals surface area contributed by atoms with Gasteiger partial charge in [-0.2, -0.15) is 0 Å². The van der Waals surface area contributed by atoms with E-state index in [4.69, 9.17) is 5.73 Å². The van der Waals surface area contributed by atoms with Crippen LogP contribution in [0.4, 0.5) is 10.2 Å². The number of anilines is 1. The van der Waals surface area contributed by atoms with E-state index in [-0.39, 0.29) is 11.4 Å². The number of aryl methyl sites for hydroxylation is 1. The predicted molar refractivity (Wildman–Crippen MR) is 51.5 cm³/mol. The Kier molecular flexibility index (Phi) is 1.92. The van der Waals surface area contributed by atoms with Crippen LogP contribution in [0.15, 0.2) is 6.33 Å². The van der Waals surface area contributed by atoms with Crippen LogP contribution >= 0.6 is 0 Å². The van der Waals surface area contributed by atoms with E-state index in [1.807, 2.05) is 11.8 Å². The van der Waals surface area contributed by atoms with Crippen molar-refractivity contribution < 1.29 is 4.39 Å². The Morgan fingerprint density at radius 2 is 2.14 bits per heavy atom. The van der Waals surface area contributed by atoms with Gasteiger partial charge in [-0.25, -0.2) is 14.4 Å². The van der Waals surface area contributed by atoms with Crippen molar-refractivity contribution in [2.45, 2.75) is 19.4 Å². The number of nitrogens with zero attached hydrogens (tertiary/aromatic N) is 3. The first-order valence-electron chi connectivity index (χ1n) is 4.50. The topological polar surface area (TPSA) is 55.0 Å². The van der Waals surface area contributed by atoms with Gasteiger partial charge in [0.15, 0.2) is 11.6 Å². The molecule has 0 aliphatic carbocycles. The zero-order valence-corrected chi connectivity index (χ0v) is 8.29. The molecule has 1 aromatic heterocycles. The molecule has 2 N–H and O–H groups in total. The number of nitrogens with two attached hydrogens (primary N) is 1. The molecular weight excluding hydrogens is 183 g/mol. The fourth-order valence-electron chi connectivity index (χ4n) is 1.64. The van der Waals surface area contributed by atoms with Crippen LogP contribution in [0, 0.1) is 12.7 Å². The molecule has 14 heavy (non-hydrogen) atoms. The van der Waals surface area contributed by atoms with Gasteiger partial charge in [-0.3, -0.25) is 0 Å². The van der Waals surface area contributed by atoms with Gasteiger partial charge in [-0.05, 0) is 13.8 Å². The first kappa shape index (κ1) is 9.33. The highest BCUT2D eigenvalue weighted by Crippen LogP contribution is 2.26. The highest BCUT2D eigenvalue weighted by atomic mass is 19.1. The molecule has 0 saturated carbocycles. The lowest BCUT2D eigenvalue weighted by molar-refractivity contribution is 0.357. The molecule has 1 fully saturated rings. The third-order valence-corrected chi connectivity index (χ3v) is 2.35. The van der Waals surface area contributed by atoms with Crippen molar-refractivity contribution in [2.24, 2.45) is 5.73 Å². The third-order valence-electron chi connectivity index (χ3n) is 2.35. The van der Waals surface area contributed by atoms with E-state index in [9.17, 15) is 4.39 Å². The quantitative estimate of drug-likeness (QED) is 0.709. The summed E-state index contributed by atoms with van der Waals surface area (Å²) in [5, 5.41) is 0. The summed E-state index contributed by atoms with van der Waals surface area (Å²) in [4.78, 5) is 9.51. The average molecular weight is 196 g/mol. The number of hydrogen-bond acceptors (Lipinski definition) is 4. The monoisotopic (exact) mass is 196 g/mol. The van der Waals surface area contributed by atoms with E-state index in [1.54, 1.807) is 6.92 Å². The molecule has 1 aromatic rings. The molecule has 0 atom stereocenters. The lowest BCUT2D eigenvalue weighted by Crippen LogP contribution is -2.66. The SMILES string of the molecule is Cc1ncnc(N2CC(C)(N)C2)c1F. The maximum Gasteiger partial charge on any atom is 0.186 e. The summed E-state index contributed by atoms with van der Waals surface area (Å²) >= 11 is 0. The molecule has 0 radical (unpaired) electrons. The van der Waals surface area contributed by atoms with Gasteiger partial charge in [0.2, 0.25) is 0 Å². The molecule has 4 nitrogen and oxygen atoms in total. The minimum absolute atomic E-state index is 0.217. The largest absolute Gasteiger partial charge is 0.350 e. The van der Waals surface area contributed by atoms with Gasteiger partial charge < -0.3 is 10.6 Å². The molecule has 1 aliphatic heterocycles. The van der Waals surface area contributed by atoms with Gasteiger partial charge in [-0.1, -0.05) is 0 Å². The summed E-state index contributed by atoms with van der Waals surface area (Å²) in [5.41, 5.74) is 5.99. The molecular formula is C9H13FN4. The molecule has 0 bridgehead atoms. The summed E-state index contributed by atoms with van der Waals surface area (Å²) in [6.45, 7) is 4.85. The van der Waals surface area contributed by atoms with E-state index in [0.29, 0.717) is 24.6 Å². The molecule has 0 aromatic carbocycles. The second kappa shape index (κ2) is 2.88. The Labute approximate surface area is 82.0 Å². The Morgan fingerprint density at radius 3 is 2.71 bits per heavy atom. The van der Waals surface area contributed by atoms with Crippen molar-refractivity contribution in [1.82, 2.24) is 9.97 Å². The van der Waals surface area contributed by atoms with Crippen LogP contribution in [0.3, 0.4) is 0 Å². The zero-order chi connectivity index (χ0) is 10.3. The Balaban J connectivity index is 2.23. The Bertz CT molecular complexity index is 356. The Hall–Kier alpha value is -1.23. The summed E-state index contributed by atoms with van der Waals surface area (Å²) in [6, 6.07) is 0. The minimum Gasteiger partial charge on any atom is -0.350 e. The summed E-state index contributed by atoms with van der Waals surface area (Å²) in [6.07, 6.45) is 1.37. The lowest BCUT2D eigenvalue weighted by atomic mass is 9.94. The van der Waals surface area contributed by atoms with Crippen LogP contribution in [0.5, 0.6) is 0 Å². The summed E-state index contributed by atoms with van der Waals surface area (Å²) in [5.74, 6) is 0.0171. The molecule has 2 rings (SSSR count). The molecule has 0 spiro atoms. The first-order valence-corrected chi connectivity index (χ1v) is 4.50. The normalized spacial score (nSPS) is 19.3. The van der Waals surface area contributed by atoms with Crippen molar-refractivity contribution in [3.05, 3.63) is 17.8 Å². The van der Waals surface area contributed by atoms with Crippen LogP contribution in [0.1, 0.15) is 12.6 Å². The van der Waals surface area contributed by atoms with Gasteiger partial charge in [0, 0.05) is 18.6 Å². The van der Waals surface area contributed by atoms with E-state index in [1.165, 1.54) is 6.33 Å². The number of aromatic nitrogens is 2. The number of halogens is 1. The molecule has 0 unspecified atom stereocenters. The van der Waals surface area contributed by atoms with Crippen molar-refractivity contribution in [3.8, 4) is 0 Å². The van der Waals surface area contributed by atoms with Gasteiger partial charge in [0.25, 0.3) is 0 Å². The Morgan fingerprint density at radius 1 is 1.50 bits per heavy atom. The zero-order valence-electron chi connectivity index (χ0n) is 8.29. The van der Waals surface area contributed by atoms with E-state index >= 15 is 0 Å². The standard InChI is InChI=1S/C9H13FN4/c1-6-7(10)8(13-5-12-6)14-3-9(2,11)4-14/h5H,3-4,11H2,1-2H3. The molecule has 76 valence electrons. The summed E-state index contributed by atoms with van der Waals surface area (Å²) in [7, 11) is 0. The van der Waals surface area contributed by atoms with Crippen LogP contribution in [-0.4, -0.2) is 28.6 Å². The average Bonchev–Trinajstić information content (AvgIpc) is 2.06. The number of hydrogen-bond donors (Lipinski definition) is 1. The fourth-order valence-corrected chi connectivity index (χ4v) is 1.64. The van der Waals surface area contributed by atoms with E-state index < -0.39 is 0 Å². The van der Waals surface area contributed by atoms with Crippen molar-refractivity contribution in [1.29, 1.82) is 0 Å². The van der Waals surface area contributed by atoms with Gasteiger partial charge in [0.05, 0.1) is 5.69 Å². The first-order chi connectivity index (χ1) is 6.49. The number of rotatable bonds is 1. The molecule has 1 aliphatic rings. The van der Waals surface area contributed by atoms with Crippen molar-refractivity contribution >= 4 is 5.82 Å². The lowest BCUT2D eigenvalue weighted by Gasteiger charge is -2.46. The maximum absolute atomic E-state index is 13.5. The van der Waals surface area contributed by atoms with Crippen molar-refractivity contribution in [2.75, 3.05) is 18.0 Å². The third kappa shape index (κ3) is 1.43.